The maximum Gasteiger partial charge on any atom is 0.163 e. The average Bonchev–Trinajstić information content (AvgIpc) is 3.99. The molecule has 8 aromatic rings. The molecular weight excluding hydrogens is 891 g/mol. The Morgan fingerprint density at radius 1 is 0.302 bits per heavy atom. The van der Waals surface area contributed by atoms with Gasteiger partial charge < -0.3 is 29.9 Å². The Morgan fingerprint density at radius 2 is 0.491 bits per heavy atom. The third-order valence-electron chi connectivity index (χ3n) is 9.16. The zero-order valence-electron chi connectivity index (χ0n) is 27.3. The second-order valence-corrected chi connectivity index (χ2v) is 12.9. The van der Waals surface area contributed by atoms with Gasteiger partial charge in [-0.15, -0.1) is 0 Å². The Balaban J connectivity index is 0.00000113. The molecule has 0 atom stereocenters. The standard InChI is InChI=1S/C40H20N10.2O.U/c1-2-12-22-21(11-1)31-41-32(22)47-34-25-15-5-6-16-26(25)36(43-34)49-38-29-19-9-10-20-30(29)40(45-38)50-39-28-18-8-7-17-27(28)37(44-39)48-35-24-14-4-3-13-23(24)33(42-35)46-31;;;/h1-20H;;;/q-2;;;+2. The van der Waals surface area contributed by atoms with E-state index in [0.29, 0.717) is 57.5 Å². The summed E-state index contributed by atoms with van der Waals surface area (Å²) in [6.07, 6.45) is 0. The van der Waals surface area contributed by atoms with E-state index in [1.807, 2.05) is 121 Å². The molecule has 5 aromatic carbocycles. The van der Waals surface area contributed by atoms with E-state index in [1.54, 1.807) is 0 Å². The zero-order chi connectivity index (χ0) is 35.5. The molecule has 0 spiro atoms. The van der Waals surface area contributed by atoms with Crippen molar-refractivity contribution in [2.24, 2.45) is 0 Å². The second kappa shape index (κ2) is 12.6. The van der Waals surface area contributed by atoms with Gasteiger partial charge in [0.25, 0.3) is 0 Å². The van der Waals surface area contributed by atoms with Crippen molar-refractivity contribution < 1.29 is 32.3 Å². The monoisotopic (exact) mass is 910 g/mol. The maximum atomic E-state index is 8.58. The molecule has 3 aromatic heterocycles. The first-order valence-corrected chi connectivity index (χ1v) is 19.9. The van der Waals surface area contributed by atoms with Gasteiger partial charge in [-0.05, 0) is 21.5 Å². The first-order chi connectivity index (χ1) is 26.2. The third kappa shape index (κ3) is 5.20. The molecule has 0 aliphatic carbocycles. The van der Waals surface area contributed by atoms with Gasteiger partial charge in [0.2, 0.25) is 0 Å². The molecule has 13 heteroatoms. The number of nitrogens with zero attached hydrogens (tertiary/aromatic N) is 10. The summed E-state index contributed by atoms with van der Waals surface area (Å²) < 4.78 is 17.2. The Hall–Kier alpha value is -6.55. The second-order valence-electron chi connectivity index (χ2n) is 12.2. The zero-order valence-corrected chi connectivity index (χ0v) is 31.5. The Bertz CT molecular complexity index is 2930. The summed E-state index contributed by atoms with van der Waals surface area (Å²) in [7, 11) is 0. The minimum atomic E-state index is -2.51. The van der Waals surface area contributed by atoms with Crippen molar-refractivity contribution in [3.8, 4) is 68.3 Å². The van der Waals surface area contributed by atoms with E-state index in [2.05, 4.69) is 0 Å². The summed E-state index contributed by atoms with van der Waals surface area (Å²) in [5.74, 6) is 3.10. The Morgan fingerprint density at radius 3 is 0.717 bits per heavy atom. The molecule has 246 valence electrons. The number of hydrogen-bond donors (Lipinski definition) is 0. The van der Waals surface area contributed by atoms with Gasteiger partial charge in [0.05, 0.1) is 23.3 Å². The van der Waals surface area contributed by atoms with Crippen LogP contribution in [-0.4, -0.2) is 39.9 Å². The Kier molecular flexibility index (Phi) is 7.42. The topological polar surface area (TPSA) is 165 Å². The van der Waals surface area contributed by atoms with Gasteiger partial charge in [0, 0.05) is 56.0 Å². The molecule has 0 amide bonds. The number of benzene rings is 5. The molecular formula is C40H20N10O2U. The van der Waals surface area contributed by atoms with Crippen molar-refractivity contribution in [1.82, 2.24) is 49.8 Å². The first-order valence-electron chi connectivity index (χ1n) is 16.5. The summed E-state index contributed by atoms with van der Waals surface area (Å²) in [4.78, 5) is 49.9. The molecule has 11 rings (SSSR count). The van der Waals surface area contributed by atoms with Gasteiger partial charge in [-0.2, -0.15) is 0 Å². The van der Waals surface area contributed by atoms with Crippen molar-refractivity contribution in [2.75, 3.05) is 0 Å². The molecule has 3 aliphatic heterocycles. The van der Waals surface area contributed by atoms with Crippen LogP contribution in [0.5, 0.6) is 0 Å². The predicted molar refractivity (Wildman–Crippen MR) is 193 cm³/mol. The van der Waals surface area contributed by atoms with Crippen molar-refractivity contribution in [1.29, 1.82) is 0 Å². The third-order valence-corrected chi connectivity index (χ3v) is 9.16. The van der Waals surface area contributed by atoms with E-state index in [-0.39, 0.29) is 0 Å². The van der Waals surface area contributed by atoms with Crippen LogP contribution in [0.1, 0.15) is 0 Å². The number of aromatic nitrogens is 10. The predicted octanol–water partition coefficient (Wildman–Crippen LogP) is 7.45. The van der Waals surface area contributed by atoms with Gasteiger partial charge >= 0.3 is 32.3 Å². The van der Waals surface area contributed by atoms with Gasteiger partial charge in [0.1, 0.15) is 0 Å². The minimum absolute atomic E-state index is 0.516. The van der Waals surface area contributed by atoms with Gasteiger partial charge in [-0.1, -0.05) is 121 Å². The molecule has 0 N–H and O–H groups in total. The summed E-state index contributed by atoms with van der Waals surface area (Å²) in [5, 5.41) is 3.44. The number of fused-ring (bicyclic) bond motifs is 25. The van der Waals surface area contributed by atoms with E-state index in [9.17, 15) is 0 Å². The Labute approximate surface area is 314 Å². The molecule has 0 unspecified atom stereocenters. The normalized spacial score (nSPS) is 11.5. The van der Waals surface area contributed by atoms with Crippen LogP contribution < -0.4 is 9.97 Å². The molecule has 53 heavy (non-hydrogen) atoms. The van der Waals surface area contributed by atoms with E-state index in [1.165, 1.54) is 0 Å². The molecule has 0 fully saturated rings. The number of hydrogen-bond acceptors (Lipinski definition) is 10. The molecule has 0 saturated carbocycles. The van der Waals surface area contributed by atoms with Crippen LogP contribution in [0.2, 0.25) is 0 Å². The summed E-state index contributed by atoms with van der Waals surface area (Å²) >= 11 is -2.51. The SMILES string of the molecule is [O]=[U+2]=[O].c1ccc2c(c1)-c1nc3nc(nc4[n-]c(nc5nc(nc6[n-]c(nc-2n1)c1ccccc61)-c1ccccc1-5)c1ccccc41)-c1ccccc1-3. The molecule has 10 bridgehead atoms. The summed E-state index contributed by atoms with van der Waals surface area (Å²) in [6.45, 7) is 0. The van der Waals surface area contributed by atoms with E-state index in [4.69, 9.17) is 54.3 Å². The van der Waals surface area contributed by atoms with Crippen molar-refractivity contribution >= 4 is 44.1 Å². The van der Waals surface area contributed by atoms with Crippen LogP contribution in [0.3, 0.4) is 0 Å². The van der Waals surface area contributed by atoms with Crippen LogP contribution in [0, 0.1) is 27.8 Å². The van der Waals surface area contributed by atoms with E-state index >= 15 is 0 Å². The minimum Gasteiger partial charge on any atom is -0.357 e. The fourth-order valence-corrected chi connectivity index (χ4v) is 6.82. The number of rotatable bonds is 0. The van der Waals surface area contributed by atoms with Crippen molar-refractivity contribution in [2.45, 2.75) is 0 Å². The van der Waals surface area contributed by atoms with Crippen LogP contribution in [0.25, 0.3) is 112 Å². The first kappa shape index (κ1) is 31.2. The van der Waals surface area contributed by atoms with Gasteiger partial charge in [0.15, 0.2) is 11.6 Å². The molecule has 6 heterocycles. The van der Waals surface area contributed by atoms with E-state index < -0.39 is 27.8 Å². The quantitative estimate of drug-likeness (QED) is 0.148. The fourth-order valence-electron chi connectivity index (χ4n) is 6.82. The van der Waals surface area contributed by atoms with Gasteiger partial charge in [-0.3, -0.25) is 0 Å². The molecule has 3 aliphatic rings. The van der Waals surface area contributed by atoms with Crippen molar-refractivity contribution in [3.63, 3.8) is 0 Å². The van der Waals surface area contributed by atoms with Gasteiger partial charge in [-0.25, -0.2) is 19.9 Å². The van der Waals surface area contributed by atoms with Crippen LogP contribution in [0.15, 0.2) is 121 Å². The molecule has 0 saturated heterocycles. The largest absolute Gasteiger partial charge is 0.357 e. The molecule has 0 radical (unpaired) electrons. The van der Waals surface area contributed by atoms with Crippen LogP contribution in [0.4, 0.5) is 0 Å². The van der Waals surface area contributed by atoms with Crippen molar-refractivity contribution in [3.05, 3.63) is 121 Å². The van der Waals surface area contributed by atoms with Crippen LogP contribution >= 0.6 is 0 Å². The smallest absolute Gasteiger partial charge is 0.163 e. The summed E-state index contributed by atoms with van der Waals surface area (Å²) in [6, 6.07) is 39.7. The fraction of sp³-hybridized carbons (Fsp3) is 0. The van der Waals surface area contributed by atoms with Crippen LogP contribution in [-0.2, 0) is 4.47 Å². The van der Waals surface area contributed by atoms with E-state index in [0.717, 1.165) is 54.9 Å². The molecule has 12 nitrogen and oxygen atoms in total. The maximum absolute atomic E-state index is 8.58. The summed E-state index contributed by atoms with van der Waals surface area (Å²) in [5.41, 5.74) is 7.22. The average molecular weight is 911 g/mol.